The van der Waals surface area contributed by atoms with Gasteiger partial charge < -0.3 is 9.64 Å². The average Bonchev–Trinajstić information content (AvgIpc) is 2.71. The lowest BCUT2D eigenvalue weighted by molar-refractivity contribution is -0.147. The standard InChI is InChI=1S/C23H25NO4/c1-16-9-10-17(2)19(14-16)21(25)11-12-23(27)28-15-22(26)24-13-5-7-18-6-3-4-8-20(18)24/h3-4,6,8-10,14H,5,7,11-13,15H2,1-2H3. The molecule has 3 rings (SSSR count). The summed E-state index contributed by atoms with van der Waals surface area (Å²) in [5, 5.41) is 0. The number of ether oxygens (including phenoxy) is 1. The van der Waals surface area contributed by atoms with Crippen LogP contribution >= 0.6 is 0 Å². The number of aryl methyl sites for hydroxylation is 3. The van der Waals surface area contributed by atoms with Crippen LogP contribution in [0.3, 0.4) is 0 Å². The molecule has 2 aromatic carbocycles. The normalized spacial score (nSPS) is 13.0. The molecule has 0 saturated carbocycles. The fourth-order valence-corrected chi connectivity index (χ4v) is 3.47. The molecule has 0 saturated heterocycles. The molecule has 28 heavy (non-hydrogen) atoms. The molecule has 0 unspecified atom stereocenters. The second-order valence-electron chi connectivity index (χ2n) is 7.18. The van der Waals surface area contributed by atoms with E-state index in [1.165, 1.54) is 0 Å². The molecule has 0 aromatic heterocycles. The number of hydrogen-bond acceptors (Lipinski definition) is 4. The summed E-state index contributed by atoms with van der Waals surface area (Å²) in [6, 6.07) is 13.5. The Kier molecular flexibility index (Phi) is 6.24. The van der Waals surface area contributed by atoms with Crippen molar-refractivity contribution in [1.82, 2.24) is 0 Å². The molecule has 5 nitrogen and oxygen atoms in total. The first-order valence-corrected chi connectivity index (χ1v) is 9.60. The minimum Gasteiger partial charge on any atom is -0.456 e. The molecular formula is C23H25NO4. The lowest BCUT2D eigenvalue weighted by Crippen LogP contribution is -2.38. The molecule has 1 aliphatic heterocycles. The first-order chi connectivity index (χ1) is 13.5. The van der Waals surface area contributed by atoms with Crippen molar-refractivity contribution in [3.63, 3.8) is 0 Å². The van der Waals surface area contributed by atoms with Gasteiger partial charge in [0.1, 0.15) is 0 Å². The Bertz CT molecular complexity index is 903. The van der Waals surface area contributed by atoms with Crippen LogP contribution in [-0.2, 0) is 20.7 Å². The minimum absolute atomic E-state index is 0.0317. The van der Waals surface area contributed by atoms with Gasteiger partial charge in [0.15, 0.2) is 12.4 Å². The number of para-hydroxylation sites is 1. The van der Waals surface area contributed by atoms with Crippen molar-refractivity contribution in [1.29, 1.82) is 0 Å². The summed E-state index contributed by atoms with van der Waals surface area (Å²) in [6.45, 7) is 4.12. The van der Waals surface area contributed by atoms with Crippen LogP contribution < -0.4 is 4.90 Å². The molecule has 2 aromatic rings. The highest BCUT2D eigenvalue weighted by atomic mass is 16.5. The average molecular weight is 379 g/mol. The Morgan fingerprint density at radius 3 is 2.64 bits per heavy atom. The number of anilines is 1. The van der Waals surface area contributed by atoms with Crippen molar-refractivity contribution in [2.24, 2.45) is 0 Å². The van der Waals surface area contributed by atoms with Gasteiger partial charge in [-0.05, 0) is 49.9 Å². The highest BCUT2D eigenvalue weighted by molar-refractivity contribution is 5.99. The number of nitrogens with zero attached hydrogens (tertiary/aromatic N) is 1. The Labute approximate surface area is 165 Å². The van der Waals surface area contributed by atoms with Gasteiger partial charge in [-0.25, -0.2) is 0 Å². The molecule has 0 radical (unpaired) electrons. The van der Waals surface area contributed by atoms with E-state index in [-0.39, 0.29) is 31.1 Å². The number of ketones is 1. The van der Waals surface area contributed by atoms with Gasteiger partial charge in [0.25, 0.3) is 5.91 Å². The highest BCUT2D eigenvalue weighted by Gasteiger charge is 2.23. The third kappa shape index (κ3) is 4.66. The topological polar surface area (TPSA) is 63.7 Å². The lowest BCUT2D eigenvalue weighted by Gasteiger charge is -2.29. The SMILES string of the molecule is Cc1ccc(C)c(C(=O)CCC(=O)OCC(=O)N2CCCc3ccccc32)c1. The summed E-state index contributed by atoms with van der Waals surface area (Å²) in [6.07, 6.45) is 1.88. The van der Waals surface area contributed by atoms with Crippen molar-refractivity contribution >= 4 is 23.3 Å². The molecule has 0 atom stereocenters. The Balaban J connectivity index is 1.50. The summed E-state index contributed by atoms with van der Waals surface area (Å²) < 4.78 is 5.13. The van der Waals surface area contributed by atoms with Crippen LogP contribution in [0.25, 0.3) is 0 Å². The number of fused-ring (bicyclic) bond motifs is 1. The molecule has 146 valence electrons. The fraction of sp³-hybridized carbons (Fsp3) is 0.348. The van der Waals surface area contributed by atoms with Gasteiger partial charge in [-0.15, -0.1) is 0 Å². The number of rotatable bonds is 6. The second kappa shape index (κ2) is 8.83. The third-order valence-corrected chi connectivity index (χ3v) is 5.02. The van der Waals surface area contributed by atoms with E-state index in [0.717, 1.165) is 35.2 Å². The van der Waals surface area contributed by atoms with Crippen LogP contribution in [0.5, 0.6) is 0 Å². The predicted molar refractivity (Wildman–Crippen MR) is 108 cm³/mol. The number of hydrogen-bond donors (Lipinski definition) is 0. The van der Waals surface area contributed by atoms with Gasteiger partial charge in [-0.1, -0.05) is 35.9 Å². The number of benzene rings is 2. The van der Waals surface area contributed by atoms with Crippen LogP contribution in [-0.4, -0.2) is 30.8 Å². The number of carbonyl (C=O) groups excluding carboxylic acids is 3. The first-order valence-electron chi connectivity index (χ1n) is 9.60. The third-order valence-electron chi connectivity index (χ3n) is 5.02. The molecule has 0 fully saturated rings. The molecular weight excluding hydrogens is 354 g/mol. The van der Waals surface area contributed by atoms with Gasteiger partial charge in [0.05, 0.1) is 6.42 Å². The van der Waals surface area contributed by atoms with Crippen LogP contribution in [0, 0.1) is 13.8 Å². The van der Waals surface area contributed by atoms with Crippen LogP contribution in [0.2, 0.25) is 0 Å². The van der Waals surface area contributed by atoms with E-state index in [4.69, 9.17) is 4.74 Å². The number of carbonyl (C=O) groups is 3. The zero-order valence-electron chi connectivity index (χ0n) is 16.4. The second-order valence-corrected chi connectivity index (χ2v) is 7.18. The number of amides is 1. The highest BCUT2D eigenvalue weighted by Crippen LogP contribution is 2.26. The Morgan fingerprint density at radius 2 is 1.82 bits per heavy atom. The maximum atomic E-state index is 12.5. The van der Waals surface area contributed by atoms with Gasteiger partial charge in [0.2, 0.25) is 0 Å². The van der Waals surface area contributed by atoms with E-state index < -0.39 is 5.97 Å². The molecule has 0 spiro atoms. The summed E-state index contributed by atoms with van der Waals surface area (Å²) in [5.41, 5.74) is 4.55. The predicted octanol–water partition coefficient (Wildman–Crippen LogP) is 3.79. The van der Waals surface area contributed by atoms with Crippen LogP contribution in [0.15, 0.2) is 42.5 Å². The van der Waals surface area contributed by atoms with E-state index in [0.29, 0.717) is 12.1 Å². The molecule has 5 heteroatoms. The van der Waals surface area contributed by atoms with E-state index in [1.807, 2.05) is 56.3 Å². The van der Waals surface area contributed by atoms with E-state index in [2.05, 4.69) is 0 Å². The van der Waals surface area contributed by atoms with Gasteiger partial charge in [-0.3, -0.25) is 14.4 Å². The van der Waals surface area contributed by atoms with Gasteiger partial charge in [0, 0.05) is 24.2 Å². The maximum Gasteiger partial charge on any atom is 0.306 e. The summed E-state index contributed by atoms with van der Waals surface area (Å²) >= 11 is 0. The van der Waals surface area contributed by atoms with Crippen molar-refractivity contribution in [3.8, 4) is 0 Å². The maximum absolute atomic E-state index is 12.5. The zero-order chi connectivity index (χ0) is 20.1. The van der Waals surface area contributed by atoms with E-state index >= 15 is 0 Å². The largest absolute Gasteiger partial charge is 0.456 e. The molecule has 0 bridgehead atoms. The smallest absolute Gasteiger partial charge is 0.306 e. The number of esters is 1. The van der Waals surface area contributed by atoms with Crippen LogP contribution in [0.1, 0.15) is 46.3 Å². The lowest BCUT2D eigenvalue weighted by atomic mass is 9.99. The fourth-order valence-electron chi connectivity index (χ4n) is 3.47. The number of Topliss-reactive ketones (excluding diaryl/α,β-unsaturated/α-hetero) is 1. The first kappa shape index (κ1) is 19.8. The molecule has 1 aliphatic rings. The molecule has 1 heterocycles. The summed E-state index contributed by atoms with van der Waals surface area (Å²) in [4.78, 5) is 38.5. The summed E-state index contributed by atoms with van der Waals surface area (Å²) in [5.74, 6) is -0.854. The Morgan fingerprint density at radius 1 is 1.04 bits per heavy atom. The van der Waals surface area contributed by atoms with E-state index in [9.17, 15) is 14.4 Å². The van der Waals surface area contributed by atoms with Crippen molar-refractivity contribution in [2.45, 2.75) is 39.5 Å². The summed E-state index contributed by atoms with van der Waals surface area (Å²) in [7, 11) is 0. The zero-order valence-corrected chi connectivity index (χ0v) is 16.4. The van der Waals surface area contributed by atoms with Crippen molar-refractivity contribution in [2.75, 3.05) is 18.1 Å². The van der Waals surface area contributed by atoms with Crippen molar-refractivity contribution in [3.05, 3.63) is 64.7 Å². The van der Waals surface area contributed by atoms with Crippen LogP contribution in [0.4, 0.5) is 5.69 Å². The molecule has 0 aliphatic carbocycles. The minimum atomic E-state index is -0.530. The van der Waals surface area contributed by atoms with Gasteiger partial charge >= 0.3 is 5.97 Å². The quantitative estimate of drug-likeness (QED) is 0.566. The van der Waals surface area contributed by atoms with Gasteiger partial charge in [-0.2, -0.15) is 0 Å². The van der Waals surface area contributed by atoms with E-state index in [1.54, 1.807) is 4.90 Å². The monoisotopic (exact) mass is 379 g/mol. The van der Waals surface area contributed by atoms with Crippen molar-refractivity contribution < 1.29 is 19.1 Å². The Hall–Kier alpha value is -2.95. The molecule has 1 amide bonds. The molecule has 0 N–H and O–H groups in total.